The highest BCUT2D eigenvalue weighted by Gasteiger charge is 2.30. The van der Waals surface area contributed by atoms with Gasteiger partial charge < -0.3 is 33.8 Å². The molecule has 0 bridgehead atoms. The molecule has 19 heteroatoms. The van der Waals surface area contributed by atoms with E-state index in [1.807, 2.05) is 0 Å². The lowest BCUT2D eigenvalue weighted by molar-refractivity contribution is -0.161. The molecule has 0 aromatic heterocycles. The molecule has 0 spiro atoms. The van der Waals surface area contributed by atoms with Crippen molar-refractivity contribution in [2.75, 3.05) is 39.6 Å². The second-order valence-electron chi connectivity index (χ2n) is 27.2. The SMILES string of the molecule is CCCCCCCCCCCCCCCCCCCC(=O)O[C@H](COC(=O)CCCCCCCCCCCCCCCC)COP(=O)(O)OC[C@@H](O)COP(=O)(O)OC[C@@H](COC(=O)CCCCCCCCC(C)CC)OC(=O)CCCCCCCCCCC(C)CC. The first kappa shape index (κ1) is 91.1. The molecule has 0 heterocycles. The Bertz CT molecular complexity index is 1810. The lowest BCUT2D eigenvalue weighted by Crippen LogP contribution is -2.30. The van der Waals surface area contributed by atoms with Crippen LogP contribution in [0.3, 0.4) is 0 Å². The minimum atomic E-state index is -4.96. The number of phosphoric acid groups is 2. The van der Waals surface area contributed by atoms with Crippen LogP contribution in [0.1, 0.15) is 382 Å². The Balaban J connectivity index is 5.25. The van der Waals surface area contributed by atoms with E-state index in [9.17, 15) is 43.2 Å². The molecule has 552 valence electrons. The minimum absolute atomic E-state index is 0.104. The molecule has 0 rings (SSSR count). The lowest BCUT2D eigenvalue weighted by atomic mass is 9.99. The zero-order chi connectivity index (χ0) is 68.6. The highest BCUT2D eigenvalue weighted by atomic mass is 31.2. The Morgan fingerprint density at radius 3 is 0.763 bits per heavy atom. The second kappa shape index (κ2) is 66.0. The molecule has 0 aromatic rings. The Hall–Kier alpha value is -1.94. The molecule has 0 aliphatic carbocycles. The quantitative estimate of drug-likeness (QED) is 0.0222. The van der Waals surface area contributed by atoms with Crippen molar-refractivity contribution in [2.24, 2.45) is 11.8 Å². The first-order chi connectivity index (χ1) is 44.9. The van der Waals surface area contributed by atoms with Crippen LogP contribution < -0.4 is 0 Å². The van der Waals surface area contributed by atoms with Crippen molar-refractivity contribution in [2.45, 2.75) is 400 Å². The highest BCUT2D eigenvalue weighted by Crippen LogP contribution is 2.45. The van der Waals surface area contributed by atoms with Gasteiger partial charge in [0.05, 0.1) is 26.4 Å². The van der Waals surface area contributed by atoms with Crippen LogP contribution in [0.15, 0.2) is 0 Å². The Morgan fingerprint density at radius 1 is 0.301 bits per heavy atom. The first-order valence-corrected chi connectivity index (χ1v) is 41.6. The normalized spacial score (nSPS) is 14.6. The summed E-state index contributed by atoms with van der Waals surface area (Å²) in [5, 5.41) is 10.6. The fourth-order valence-corrected chi connectivity index (χ4v) is 12.8. The van der Waals surface area contributed by atoms with Crippen LogP contribution in [-0.4, -0.2) is 96.7 Å². The van der Waals surface area contributed by atoms with E-state index < -0.39 is 97.5 Å². The summed E-state index contributed by atoms with van der Waals surface area (Å²) in [5.74, 6) is -0.619. The number of esters is 4. The fourth-order valence-electron chi connectivity index (χ4n) is 11.2. The number of carbonyl (C=O) groups excluding carboxylic acids is 4. The smallest absolute Gasteiger partial charge is 0.462 e. The molecule has 0 amide bonds. The fraction of sp³-hybridized carbons (Fsp3) is 0.946. The number of phosphoric ester groups is 2. The topological polar surface area (TPSA) is 237 Å². The van der Waals surface area contributed by atoms with E-state index in [2.05, 4.69) is 41.5 Å². The van der Waals surface area contributed by atoms with Crippen LogP contribution in [0.2, 0.25) is 0 Å². The highest BCUT2D eigenvalue weighted by molar-refractivity contribution is 7.47. The van der Waals surface area contributed by atoms with Crippen molar-refractivity contribution in [3.8, 4) is 0 Å². The Kier molecular flexibility index (Phi) is 64.6. The third-order valence-corrected chi connectivity index (χ3v) is 19.8. The number of hydrogen-bond acceptors (Lipinski definition) is 15. The zero-order valence-electron chi connectivity index (χ0n) is 60.6. The minimum Gasteiger partial charge on any atom is -0.462 e. The average Bonchev–Trinajstić information content (AvgIpc) is 3.72. The van der Waals surface area contributed by atoms with Gasteiger partial charge in [-0.25, -0.2) is 9.13 Å². The van der Waals surface area contributed by atoms with Crippen molar-refractivity contribution in [1.82, 2.24) is 0 Å². The molecule has 0 aliphatic rings. The van der Waals surface area contributed by atoms with Gasteiger partial charge in [0, 0.05) is 25.7 Å². The summed E-state index contributed by atoms with van der Waals surface area (Å²) in [6.45, 7) is 9.54. The molecule has 4 unspecified atom stereocenters. The molecule has 0 aromatic carbocycles. The summed E-state index contributed by atoms with van der Waals surface area (Å²) in [7, 11) is -9.91. The summed E-state index contributed by atoms with van der Waals surface area (Å²) in [6.07, 6.45) is 52.6. The molecule has 0 saturated heterocycles. The van der Waals surface area contributed by atoms with Crippen LogP contribution in [0, 0.1) is 11.8 Å². The van der Waals surface area contributed by atoms with Gasteiger partial charge in [0.1, 0.15) is 19.3 Å². The van der Waals surface area contributed by atoms with Crippen molar-refractivity contribution in [3.05, 3.63) is 0 Å². The van der Waals surface area contributed by atoms with Gasteiger partial charge in [0.15, 0.2) is 12.2 Å². The number of rotatable bonds is 73. The summed E-state index contributed by atoms with van der Waals surface area (Å²) < 4.78 is 68.5. The molecule has 3 N–H and O–H groups in total. The van der Waals surface area contributed by atoms with Crippen molar-refractivity contribution >= 4 is 39.5 Å². The van der Waals surface area contributed by atoms with E-state index >= 15 is 0 Å². The average molecular weight is 1370 g/mol. The largest absolute Gasteiger partial charge is 0.472 e. The van der Waals surface area contributed by atoms with Crippen molar-refractivity contribution in [3.63, 3.8) is 0 Å². The molecule has 0 aliphatic heterocycles. The van der Waals surface area contributed by atoms with Gasteiger partial charge in [0.25, 0.3) is 0 Å². The maximum Gasteiger partial charge on any atom is 0.472 e. The number of unbranched alkanes of at least 4 members (excludes halogenated alkanes) is 41. The third-order valence-electron chi connectivity index (χ3n) is 17.9. The maximum atomic E-state index is 13.1. The first-order valence-electron chi connectivity index (χ1n) is 38.6. The number of aliphatic hydroxyl groups is 1. The molecular formula is C74H144O17P2. The van der Waals surface area contributed by atoms with Gasteiger partial charge in [-0.1, -0.05) is 330 Å². The van der Waals surface area contributed by atoms with E-state index in [4.69, 9.17) is 37.0 Å². The zero-order valence-corrected chi connectivity index (χ0v) is 62.3. The predicted molar refractivity (Wildman–Crippen MR) is 377 cm³/mol. The number of hydrogen-bond donors (Lipinski definition) is 3. The van der Waals surface area contributed by atoms with E-state index in [-0.39, 0.29) is 25.7 Å². The van der Waals surface area contributed by atoms with E-state index in [1.165, 1.54) is 193 Å². The van der Waals surface area contributed by atoms with Crippen LogP contribution >= 0.6 is 15.6 Å². The van der Waals surface area contributed by atoms with Crippen molar-refractivity contribution < 1.29 is 80.2 Å². The lowest BCUT2D eigenvalue weighted by Gasteiger charge is -2.21. The predicted octanol–water partition coefficient (Wildman–Crippen LogP) is 21.6. The third kappa shape index (κ3) is 65.8. The molecular weight excluding hydrogens is 1220 g/mol. The Morgan fingerprint density at radius 2 is 0.516 bits per heavy atom. The van der Waals surface area contributed by atoms with E-state index in [0.29, 0.717) is 25.7 Å². The van der Waals surface area contributed by atoms with Gasteiger partial charge >= 0.3 is 39.5 Å². The number of ether oxygens (including phenoxy) is 4. The molecule has 0 fully saturated rings. The Labute approximate surface area is 568 Å². The van der Waals surface area contributed by atoms with E-state index in [1.54, 1.807) is 0 Å². The molecule has 7 atom stereocenters. The van der Waals surface area contributed by atoms with Crippen LogP contribution in [0.5, 0.6) is 0 Å². The number of carbonyl (C=O) groups is 4. The van der Waals surface area contributed by atoms with E-state index in [0.717, 1.165) is 108 Å². The molecule has 0 saturated carbocycles. The molecule has 93 heavy (non-hydrogen) atoms. The summed E-state index contributed by atoms with van der Waals surface area (Å²) >= 11 is 0. The standard InChI is InChI=1S/C74H144O17P2/c1-7-11-13-15-17-19-21-23-25-26-27-29-31-33-38-46-52-58-73(78)90-69(62-84-71(76)56-50-44-37-32-30-28-24-22-20-18-16-14-12-8-2)64-88-92(80,81)86-60-68(75)61-87-93(82,83)89-65-70(63-85-72(77)57-51-45-41-40-43-49-55-67(6)10-4)91-74(79)59-53-47-39-35-34-36-42-48-54-66(5)9-3/h66-70,75H,7-65H2,1-6H3,(H,80,81)(H,82,83)/t66?,67?,68-,69-,70-/m1/s1. The van der Waals surface area contributed by atoms with Crippen LogP contribution in [-0.2, 0) is 65.4 Å². The van der Waals surface area contributed by atoms with Gasteiger partial charge in [0.2, 0.25) is 0 Å². The monoisotopic (exact) mass is 1370 g/mol. The van der Waals surface area contributed by atoms with Gasteiger partial charge in [-0.05, 0) is 37.5 Å². The summed E-state index contributed by atoms with van der Waals surface area (Å²) in [5.41, 5.74) is 0. The van der Waals surface area contributed by atoms with Crippen molar-refractivity contribution in [1.29, 1.82) is 0 Å². The second-order valence-corrected chi connectivity index (χ2v) is 30.1. The van der Waals surface area contributed by atoms with Crippen LogP contribution in [0.4, 0.5) is 0 Å². The maximum absolute atomic E-state index is 13.1. The van der Waals surface area contributed by atoms with Gasteiger partial charge in [-0.15, -0.1) is 0 Å². The van der Waals surface area contributed by atoms with Crippen LogP contribution in [0.25, 0.3) is 0 Å². The summed E-state index contributed by atoms with van der Waals surface area (Å²) in [4.78, 5) is 72.7. The van der Waals surface area contributed by atoms with Gasteiger partial charge in [-0.3, -0.25) is 37.3 Å². The summed E-state index contributed by atoms with van der Waals surface area (Å²) in [6, 6.07) is 0. The van der Waals surface area contributed by atoms with Gasteiger partial charge in [-0.2, -0.15) is 0 Å². The molecule has 0 radical (unpaired) electrons. The number of aliphatic hydroxyl groups excluding tert-OH is 1. The molecule has 17 nitrogen and oxygen atoms in total.